The SMILES string of the molecule is O=C(O)c1cccc(C(=O)N(CCO)CCO)n1. The standard InChI is InChI=1S/C11H14N2O5/c14-6-4-13(5-7-15)10(16)8-2-1-3-9(12-8)11(17)18/h1-3,14-15H,4-7H2,(H,17,18). The molecule has 0 radical (unpaired) electrons. The molecule has 0 saturated carbocycles. The molecule has 1 heterocycles. The first-order valence-electron chi connectivity index (χ1n) is 5.31. The van der Waals surface area contributed by atoms with Gasteiger partial charge in [0.1, 0.15) is 11.4 Å². The highest BCUT2D eigenvalue weighted by Gasteiger charge is 2.17. The van der Waals surface area contributed by atoms with Crippen molar-refractivity contribution in [3.8, 4) is 0 Å². The number of carbonyl (C=O) groups is 2. The zero-order valence-electron chi connectivity index (χ0n) is 9.61. The van der Waals surface area contributed by atoms with E-state index in [-0.39, 0.29) is 37.7 Å². The maximum Gasteiger partial charge on any atom is 0.354 e. The topological polar surface area (TPSA) is 111 Å². The molecule has 0 unspecified atom stereocenters. The summed E-state index contributed by atoms with van der Waals surface area (Å²) >= 11 is 0. The smallest absolute Gasteiger partial charge is 0.354 e. The fraction of sp³-hybridized carbons (Fsp3) is 0.364. The van der Waals surface area contributed by atoms with Crippen molar-refractivity contribution in [2.24, 2.45) is 0 Å². The summed E-state index contributed by atoms with van der Waals surface area (Å²) in [5.74, 6) is -1.75. The lowest BCUT2D eigenvalue weighted by Gasteiger charge is -2.20. The second kappa shape index (κ2) is 6.67. The molecule has 1 amide bonds. The summed E-state index contributed by atoms with van der Waals surface area (Å²) in [6, 6.07) is 4.08. The normalized spacial score (nSPS) is 10.1. The minimum atomic E-state index is -1.22. The summed E-state index contributed by atoms with van der Waals surface area (Å²) < 4.78 is 0. The molecule has 7 nitrogen and oxygen atoms in total. The third kappa shape index (κ3) is 3.51. The van der Waals surface area contributed by atoms with Gasteiger partial charge in [-0.25, -0.2) is 9.78 Å². The maximum atomic E-state index is 11.9. The zero-order chi connectivity index (χ0) is 13.5. The molecule has 0 saturated heterocycles. The lowest BCUT2D eigenvalue weighted by atomic mass is 10.2. The van der Waals surface area contributed by atoms with Crippen molar-refractivity contribution in [2.75, 3.05) is 26.3 Å². The lowest BCUT2D eigenvalue weighted by molar-refractivity contribution is 0.0674. The molecular weight excluding hydrogens is 240 g/mol. The Morgan fingerprint density at radius 2 is 1.67 bits per heavy atom. The Hall–Kier alpha value is -1.99. The van der Waals surface area contributed by atoms with Crippen molar-refractivity contribution < 1.29 is 24.9 Å². The van der Waals surface area contributed by atoms with Crippen LogP contribution in [0.5, 0.6) is 0 Å². The second-order valence-corrected chi connectivity index (χ2v) is 3.45. The third-order valence-electron chi connectivity index (χ3n) is 2.21. The molecule has 0 spiro atoms. The van der Waals surface area contributed by atoms with Gasteiger partial charge in [0.2, 0.25) is 0 Å². The van der Waals surface area contributed by atoms with Crippen molar-refractivity contribution in [3.05, 3.63) is 29.6 Å². The summed E-state index contributed by atoms with van der Waals surface area (Å²) in [4.78, 5) is 27.6. The van der Waals surface area contributed by atoms with Crippen LogP contribution in [0.4, 0.5) is 0 Å². The molecule has 1 rings (SSSR count). The van der Waals surface area contributed by atoms with Crippen LogP contribution in [-0.4, -0.2) is 63.4 Å². The van der Waals surface area contributed by atoms with Crippen molar-refractivity contribution in [2.45, 2.75) is 0 Å². The third-order valence-corrected chi connectivity index (χ3v) is 2.21. The average Bonchev–Trinajstić information content (AvgIpc) is 2.38. The van der Waals surface area contributed by atoms with Crippen molar-refractivity contribution in [1.82, 2.24) is 9.88 Å². The molecular formula is C11H14N2O5. The minimum Gasteiger partial charge on any atom is -0.477 e. The highest BCUT2D eigenvalue weighted by atomic mass is 16.4. The van der Waals surface area contributed by atoms with Gasteiger partial charge in [-0.05, 0) is 12.1 Å². The van der Waals surface area contributed by atoms with Gasteiger partial charge in [0.25, 0.3) is 5.91 Å². The molecule has 0 aliphatic heterocycles. The highest BCUT2D eigenvalue weighted by molar-refractivity contribution is 5.94. The van der Waals surface area contributed by atoms with Crippen LogP contribution in [0.3, 0.4) is 0 Å². The number of aliphatic hydroxyl groups excluding tert-OH is 2. The zero-order valence-corrected chi connectivity index (χ0v) is 9.61. The molecule has 0 aliphatic carbocycles. The molecule has 7 heteroatoms. The number of hydrogen-bond acceptors (Lipinski definition) is 5. The molecule has 0 fully saturated rings. The quantitative estimate of drug-likeness (QED) is 0.613. The van der Waals surface area contributed by atoms with Gasteiger partial charge >= 0.3 is 5.97 Å². The van der Waals surface area contributed by atoms with Gasteiger partial charge in [0.05, 0.1) is 13.2 Å². The number of pyridine rings is 1. The van der Waals surface area contributed by atoms with Crippen LogP contribution in [0.1, 0.15) is 21.0 Å². The van der Waals surface area contributed by atoms with Gasteiger partial charge in [-0.3, -0.25) is 4.79 Å². The molecule has 0 aromatic carbocycles. The fourth-order valence-corrected chi connectivity index (χ4v) is 1.39. The number of carboxylic acids is 1. The number of carbonyl (C=O) groups excluding carboxylic acids is 1. The Balaban J connectivity index is 2.93. The van der Waals surface area contributed by atoms with E-state index >= 15 is 0 Å². The molecule has 1 aromatic rings. The van der Waals surface area contributed by atoms with Gasteiger partial charge in [-0.15, -0.1) is 0 Å². The molecule has 98 valence electrons. The molecule has 0 atom stereocenters. The van der Waals surface area contributed by atoms with Crippen molar-refractivity contribution in [3.63, 3.8) is 0 Å². The fourth-order valence-electron chi connectivity index (χ4n) is 1.39. The van der Waals surface area contributed by atoms with E-state index in [1.807, 2.05) is 0 Å². The van der Waals surface area contributed by atoms with Crippen LogP contribution in [0.2, 0.25) is 0 Å². The Morgan fingerprint density at radius 3 is 2.17 bits per heavy atom. The Labute approximate surface area is 103 Å². The predicted molar refractivity (Wildman–Crippen MR) is 61.3 cm³/mol. The molecule has 18 heavy (non-hydrogen) atoms. The van der Waals surface area contributed by atoms with E-state index < -0.39 is 11.9 Å². The number of carboxylic acid groups (broad SMARTS) is 1. The van der Waals surface area contributed by atoms with Crippen LogP contribution in [0, 0.1) is 0 Å². The van der Waals surface area contributed by atoms with E-state index in [1.165, 1.54) is 23.1 Å². The lowest BCUT2D eigenvalue weighted by Crippen LogP contribution is -2.36. The number of nitrogens with zero attached hydrogens (tertiary/aromatic N) is 2. The molecule has 1 aromatic heterocycles. The number of rotatable bonds is 6. The largest absolute Gasteiger partial charge is 0.477 e. The van der Waals surface area contributed by atoms with E-state index in [0.717, 1.165) is 0 Å². The van der Waals surface area contributed by atoms with Crippen molar-refractivity contribution in [1.29, 1.82) is 0 Å². The highest BCUT2D eigenvalue weighted by Crippen LogP contribution is 2.04. The van der Waals surface area contributed by atoms with Gasteiger partial charge in [0.15, 0.2) is 0 Å². The summed E-state index contributed by atoms with van der Waals surface area (Å²) in [5, 5.41) is 26.4. The van der Waals surface area contributed by atoms with E-state index in [0.29, 0.717) is 0 Å². The van der Waals surface area contributed by atoms with E-state index in [9.17, 15) is 9.59 Å². The van der Waals surface area contributed by atoms with E-state index in [1.54, 1.807) is 0 Å². The Morgan fingerprint density at radius 1 is 1.11 bits per heavy atom. The summed E-state index contributed by atoms with van der Waals surface area (Å²) in [7, 11) is 0. The summed E-state index contributed by atoms with van der Waals surface area (Å²) in [6.07, 6.45) is 0. The van der Waals surface area contributed by atoms with Crippen LogP contribution in [0.15, 0.2) is 18.2 Å². The van der Waals surface area contributed by atoms with Gasteiger partial charge in [-0.2, -0.15) is 0 Å². The van der Waals surface area contributed by atoms with Crippen LogP contribution >= 0.6 is 0 Å². The Kier molecular flexibility index (Phi) is 5.22. The predicted octanol–water partition coefficient (Wildman–Crippen LogP) is -0.793. The molecule has 0 aliphatic rings. The number of amides is 1. The minimum absolute atomic E-state index is 0.0307. The molecule has 3 N–H and O–H groups in total. The summed E-state index contributed by atoms with van der Waals surface area (Å²) in [6.45, 7) is -0.383. The average molecular weight is 254 g/mol. The van der Waals surface area contributed by atoms with Crippen LogP contribution in [0.25, 0.3) is 0 Å². The van der Waals surface area contributed by atoms with Gasteiger partial charge in [-0.1, -0.05) is 6.07 Å². The number of aliphatic hydroxyl groups is 2. The maximum absolute atomic E-state index is 11.9. The van der Waals surface area contributed by atoms with Crippen LogP contribution < -0.4 is 0 Å². The van der Waals surface area contributed by atoms with Gasteiger partial charge in [0, 0.05) is 13.1 Å². The Bertz CT molecular complexity index is 429. The second-order valence-electron chi connectivity index (χ2n) is 3.45. The number of aromatic nitrogens is 1. The molecule has 0 bridgehead atoms. The van der Waals surface area contributed by atoms with E-state index in [2.05, 4.69) is 4.98 Å². The first kappa shape index (κ1) is 14.1. The first-order chi connectivity index (χ1) is 8.60. The monoisotopic (exact) mass is 254 g/mol. The number of hydrogen-bond donors (Lipinski definition) is 3. The van der Waals surface area contributed by atoms with Gasteiger partial charge < -0.3 is 20.2 Å². The van der Waals surface area contributed by atoms with Crippen LogP contribution in [-0.2, 0) is 0 Å². The number of aromatic carboxylic acids is 1. The first-order valence-corrected chi connectivity index (χ1v) is 5.31. The summed E-state index contributed by atoms with van der Waals surface area (Å²) in [5.41, 5.74) is -0.259. The van der Waals surface area contributed by atoms with E-state index in [4.69, 9.17) is 15.3 Å². The van der Waals surface area contributed by atoms with Crippen molar-refractivity contribution >= 4 is 11.9 Å².